The normalized spacial score (nSPS) is 24.0. The van der Waals surface area contributed by atoms with Crippen molar-refractivity contribution in [2.24, 2.45) is 17.1 Å². The minimum Gasteiger partial charge on any atom is -0.383 e. The number of aliphatic hydroxyl groups excluding tert-OH is 1. The third kappa shape index (κ3) is 4.61. The van der Waals surface area contributed by atoms with Gasteiger partial charge in [-0.15, -0.1) is 0 Å². The lowest BCUT2D eigenvalue weighted by Crippen LogP contribution is -2.59. The summed E-state index contributed by atoms with van der Waals surface area (Å²) in [5, 5.41) is 12.9. The van der Waals surface area contributed by atoms with Crippen LogP contribution in [0.3, 0.4) is 0 Å². The van der Waals surface area contributed by atoms with Gasteiger partial charge in [-0.05, 0) is 31.2 Å². The Balaban J connectivity index is 2.26. The fourth-order valence-corrected chi connectivity index (χ4v) is 3.57. The van der Waals surface area contributed by atoms with E-state index in [1.54, 1.807) is 12.1 Å². The van der Waals surface area contributed by atoms with Crippen molar-refractivity contribution in [2.75, 3.05) is 13.1 Å². The highest BCUT2D eigenvalue weighted by atomic mass is 19.3. The van der Waals surface area contributed by atoms with Crippen molar-refractivity contribution in [3.05, 3.63) is 35.9 Å². The zero-order valence-corrected chi connectivity index (χ0v) is 17.4. The van der Waals surface area contributed by atoms with E-state index in [2.05, 4.69) is 5.32 Å². The summed E-state index contributed by atoms with van der Waals surface area (Å²) in [6.07, 6.45) is -1.27. The number of nitrogens with zero attached hydrogens (tertiary/aromatic N) is 1. The van der Waals surface area contributed by atoms with Gasteiger partial charge in [0.1, 0.15) is 17.6 Å². The molecule has 1 saturated heterocycles. The molecule has 9 heteroatoms. The quantitative estimate of drug-likeness (QED) is 0.579. The lowest BCUT2D eigenvalue weighted by Gasteiger charge is -2.33. The van der Waals surface area contributed by atoms with Crippen LogP contribution in [0.1, 0.15) is 32.8 Å². The maximum Gasteiger partial charge on any atom is 0.281 e. The lowest BCUT2D eigenvalue weighted by molar-refractivity contribution is -0.154. The Kier molecular flexibility index (Phi) is 7.18. The summed E-state index contributed by atoms with van der Waals surface area (Å²) in [5.41, 5.74) is 3.54. The van der Waals surface area contributed by atoms with E-state index in [0.717, 1.165) is 12.5 Å². The first-order valence-corrected chi connectivity index (χ1v) is 9.89. The van der Waals surface area contributed by atoms with E-state index in [4.69, 9.17) is 5.73 Å². The average Bonchev–Trinajstić information content (AvgIpc) is 2.91. The molecule has 1 aliphatic heterocycles. The molecule has 0 aromatic heterocycles. The van der Waals surface area contributed by atoms with Gasteiger partial charge in [0.2, 0.25) is 11.8 Å². The second-order valence-electron chi connectivity index (χ2n) is 8.32. The first-order chi connectivity index (χ1) is 13.9. The topological polar surface area (TPSA) is 113 Å². The minimum absolute atomic E-state index is 0.0153. The highest BCUT2D eigenvalue weighted by Crippen LogP contribution is 2.48. The molecule has 1 aliphatic rings. The van der Waals surface area contributed by atoms with Crippen LogP contribution in [0.5, 0.6) is 0 Å². The molecule has 1 aromatic carbocycles. The molecule has 0 saturated carbocycles. The van der Waals surface area contributed by atoms with Crippen molar-refractivity contribution in [1.29, 1.82) is 0 Å². The molecule has 1 aromatic rings. The summed E-state index contributed by atoms with van der Waals surface area (Å²) in [6, 6.07) is 7.24. The number of aliphatic hydroxyl groups is 1. The number of hydrogen-bond donors (Lipinski definition) is 3. The number of primary amides is 1. The Bertz CT molecular complexity index is 788. The first kappa shape index (κ1) is 23.7. The van der Waals surface area contributed by atoms with Gasteiger partial charge in [0.15, 0.2) is 0 Å². The number of hydrogen-bond acceptors (Lipinski definition) is 4. The molecular formula is C21H29F2N3O4. The van der Waals surface area contributed by atoms with Crippen LogP contribution < -0.4 is 11.1 Å². The zero-order chi connectivity index (χ0) is 22.7. The van der Waals surface area contributed by atoms with E-state index in [1.165, 1.54) is 0 Å². The van der Waals surface area contributed by atoms with Gasteiger partial charge >= 0.3 is 0 Å². The second kappa shape index (κ2) is 9.07. The first-order valence-electron chi connectivity index (χ1n) is 9.89. The Morgan fingerprint density at radius 2 is 1.87 bits per heavy atom. The Morgan fingerprint density at radius 1 is 1.27 bits per heavy atom. The van der Waals surface area contributed by atoms with Gasteiger partial charge in [-0.1, -0.05) is 44.2 Å². The van der Waals surface area contributed by atoms with E-state index in [-0.39, 0.29) is 18.9 Å². The van der Waals surface area contributed by atoms with Gasteiger partial charge in [0.25, 0.3) is 11.8 Å². The fourth-order valence-electron chi connectivity index (χ4n) is 3.57. The Hall–Kier alpha value is -2.55. The number of benzene rings is 1. The van der Waals surface area contributed by atoms with Crippen LogP contribution in [-0.2, 0) is 20.8 Å². The number of carbonyl (C=O) groups is 3. The van der Waals surface area contributed by atoms with Gasteiger partial charge < -0.3 is 21.1 Å². The highest BCUT2D eigenvalue weighted by molar-refractivity contribution is 5.97. The number of nitrogens with two attached hydrogens (primary N) is 1. The highest BCUT2D eigenvalue weighted by Gasteiger charge is 2.70. The van der Waals surface area contributed by atoms with Crippen LogP contribution in [0.4, 0.5) is 8.78 Å². The molecule has 30 heavy (non-hydrogen) atoms. The SMILES string of the molecule is CC(C)CNC(=O)C1N(C(=O)[C@@H](O)CCc2ccccc2)CC(F)(F)C1(C)C(N)=O. The smallest absolute Gasteiger partial charge is 0.281 e. The lowest BCUT2D eigenvalue weighted by atomic mass is 9.78. The van der Waals surface area contributed by atoms with Crippen LogP contribution in [-0.4, -0.2) is 58.9 Å². The molecule has 7 nitrogen and oxygen atoms in total. The predicted octanol–water partition coefficient (Wildman–Crippen LogP) is 1.09. The third-order valence-corrected chi connectivity index (χ3v) is 5.55. The van der Waals surface area contributed by atoms with Crippen molar-refractivity contribution >= 4 is 17.7 Å². The molecule has 2 unspecified atom stereocenters. The van der Waals surface area contributed by atoms with Crippen molar-refractivity contribution in [3.8, 4) is 0 Å². The third-order valence-electron chi connectivity index (χ3n) is 5.55. The average molecular weight is 425 g/mol. The van der Waals surface area contributed by atoms with Crippen LogP contribution in [0.15, 0.2) is 30.3 Å². The number of nitrogens with one attached hydrogen (secondary N) is 1. The molecule has 3 amide bonds. The van der Waals surface area contributed by atoms with Crippen LogP contribution in [0.2, 0.25) is 0 Å². The van der Waals surface area contributed by atoms with Gasteiger partial charge in [0, 0.05) is 6.54 Å². The summed E-state index contributed by atoms with van der Waals surface area (Å²) >= 11 is 0. The van der Waals surface area contributed by atoms with Gasteiger partial charge in [0.05, 0.1) is 6.54 Å². The minimum atomic E-state index is -3.73. The molecule has 0 radical (unpaired) electrons. The summed E-state index contributed by atoms with van der Waals surface area (Å²) in [5.74, 6) is -7.01. The zero-order valence-electron chi connectivity index (χ0n) is 17.4. The van der Waals surface area contributed by atoms with Crippen molar-refractivity contribution in [3.63, 3.8) is 0 Å². The molecular weight excluding hydrogens is 396 g/mol. The summed E-state index contributed by atoms with van der Waals surface area (Å²) < 4.78 is 29.6. The summed E-state index contributed by atoms with van der Waals surface area (Å²) in [4.78, 5) is 38.2. The largest absolute Gasteiger partial charge is 0.383 e. The second-order valence-corrected chi connectivity index (χ2v) is 8.32. The van der Waals surface area contributed by atoms with E-state index >= 15 is 0 Å². The molecule has 1 heterocycles. The number of rotatable bonds is 8. The number of alkyl halides is 2. The van der Waals surface area contributed by atoms with Crippen molar-refractivity contribution in [2.45, 2.75) is 51.7 Å². The Morgan fingerprint density at radius 3 is 2.40 bits per heavy atom. The molecule has 4 N–H and O–H groups in total. The number of likely N-dealkylation sites (tertiary alicyclic amines) is 1. The molecule has 2 rings (SSSR count). The van der Waals surface area contributed by atoms with E-state index < -0.39 is 47.7 Å². The monoisotopic (exact) mass is 425 g/mol. The number of aryl methyl sites for hydroxylation is 1. The van der Waals surface area contributed by atoms with Crippen molar-refractivity contribution < 1.29 is 28.3 Å². The van der Waals surface area contributed by atoms with E-state index in [9.17, 15) is 28.3 Å². The maximum absolute atomic E-state index is 14.8. The van der Waals surface area contributed by atoms with Crippen molar-refractivity contribution in [1.82, 2.24) is 10.2 Å². The van der Waals surface area contributed by atoms with Gasteiger partial charge in [-0.25, -0.2) is 8.78 Å². The predicted molar refractivity (Wildman–Crippen MR) is 106 cm³/mol. The molecule has 0 spiro atoms. The van der Waals surface area contributed by atoms with Crippen LogP contribution in [0.25, 0.3) is 0 Å². The van der Waals surface area contributed by atoms with Crippen LogP contribution >= 0.6 is 0 Å². The molecule has 0 bridgehead atoms. The van der Waals surface area contributed by atoms with Gasteiger partial charge in [-0.3, -0.25) is 14.4 Å². The number of amides is 3. The standard InChI is InChI=1S/C21H29F2N3O4/c1-13(2)11-25-17(28)16-20(3,19(24)30)21(22,23)12-26(16)18(29)15(27)10-9-14-7-5-4-6-8-14/h4-8,13,15-16,27H,9-12H2,1-3H3,(H2,24,30)(H,25,28)/t15-,16?,20?/m0/s1. The summed E-state index contributed by atoms with van der Waals surface area (Å²) in [6.45, 7) is 3.51. The molecule has 1 fully saturated rings. The number of carbonyl (C=O) groups excluding carboxylic acids is 3. The van der Waals surface area contributed by atoms with Crippen LogP contribution in [0, 0.1) is 11.3 Å². The number of halogens is 2. The molecule has 0 aliphatic carbocycles. The summed E-state index contributed by atoms with van der Waals surface area (Å²) in [7, 11) is 0. The van der Waals surface area contributed by atoms with E-state index in [1.807, 2.05) is 32.0 Å². The van der Waals surface area contributed by atoms with E-state index in [0.29, 0.717) is 11.3 Å². The van der Waals surface area contributed by atoms with Gasteiger partial charge in [-0.2, -0.15) is 0 Å². The Labute approximate surface area is 174 Å². The molecule has 3 atom stereocenters. The maximum atomic E-state index is 14.8. The molecule has 166 valence electrons. The fraction of sp³-hybridized carbons (Fsp3) is 0.571.